The van der Waals surface area contributed by atoms with Gasteiger partial charge in [0.2, 0.25) is 0 Å². The van der Waals surface area contributed by atoms with Crippen molar-refractivity contribution in [2.45, 2.75) is 65.6 Å². The number of ether oxygens (including phenoxy) is 1. The highest BCUT2D eigenvalue weighted by Crippen LogP contribution is 2.38. The van der Waals surface area contributed by atoms with E-state index in [0.717, 1.165) is 48.5 Å². The molecule has 0 amide bonds. The van der Waals surface area contributed by atoms with Gasteiger partial charge in [0.1, 0.15) is 18.5 Å². The van der Waals surface area contributed by atoms with E-state index in [9.17, 15) is 4.79 Å². The number of para-hydroxylation sites is 2. The van der Waals surface area contributed by atoms with Crippen molar-refractivity contribution >= 4 is 17.0 Å². The number of hydrogen-bond donors (Lipinski definition) is 0. The van der Waals surface area contributed by atoms with Gasteiger partial charge in [0.25, 0.3) is 0 Å². The lowest BCUT2D eigenvalue weighted by Gasteiger charge is -2.36. The minimum atomic E-state index is -0.155. The Balaban J connectivity index is 1.66. The van der Waals surface area contributed by atoms with Gasteiger partial charge in [0, 0.05) is 0 Å². The SMILES string of the molecule is CN(C)Cc1nc2ccccc2n1CC(=O)OC1CCC(C(C)(C)C)CC1. The zero-order chi connectivity index (χ0) is 19.6. The molecule has 5 heteroatoms. The summed E-state index contributed by atoms with van der Waals surface area (Å²) in [6.45, 7) is 7.84. The van der Waals surface area contributed by atoms with Crippen LogP contribution >= 0.6 is 0 Å². The van der Waals surface area contributed by atoms with Gasteiger partial charge in [-0.15, -0.1) is 0 Å². The van der Waals surface area contributed by atoms with Gasteiger partial charge in [-0.3, -0.25) is 4.79 Å². The largest absolute Gasteiger partial charge is 0.461 e. The van der Waals surface area contributed by atoms with Crippen molar-refractivity contribution < 1.29 is 9.53 Å². The van der Waals surface area contributed by atoms with Crippen molar-refractivity contribution in [3.63, 3.8) is 0 Å². The zero-order valence-electron chi connectivity index (χ0n) is 17.4. The Morgan fingerprint density at radius 1 is 1.19 bits per heavy atom. The summed E-state index contributed by atoms with van der Waals surface area (Å²) in [7, 11) is 4.02. The molecule has 1 aromatic carbocycles. The minimum Gasteiger partial charge on any atom is -0.461 e. The molecular formula is C22H33N3O2. The van der Waals surface area contributed by atoms with Crippen molar-refractivity contribution in [3.05, 3.63) is 30.1 Å². The average molecular weight is 372 g/mol. The molecule has 0 unspecified atom stereocenters. The van der Waals surface area contributed by atoms with Crippen molar-refractivity contribution in [1.82, 2.24) is 14.5 Å². The average Bonchev–Trinajstić information content (AvgIpc) is 2.91. The van der Waals surface area contributed by atoms with Gasteiger partial charge in [-0.05, 0) is 63.2 Å². The Bertz CT molecular complexity index is 780. The van der Waals surface area contributed by atoms with Crippen LogP contribution in [0.1, 0.15) is 52.3 Å². The normalized spacial score (nSPS) is 21.0. The van der Waals surface area contributed by atoms with E-state index in [-0.39, 0.29) is 18.6 Å². The van der Waals surface area contributed by atoms with E-state index < -0.39 is 0 Å². The fourth-order valence-corrected chi connectivity index (χ4v) is 4.10. The third kappa shape index (κ3) is 4.89. The first-order chi connectivity index (χ1) is 12.7. The van der Waals surface area contributed by atoms with E-state index in [1.54, 1.807) is 0 Å². The zero-order valence-corrected chi connectivity index (χ0v) is 17.4. The molecule has 0 radical (unpaired) electrons. The number of hydrogen-bond acceptors (Lipinski definition) is 4. The van der Waals surface area contributed by atoms with Crippen molar-refractivity contribution in [2.24, 2.45) is 11.3 Å². The van der Waals surface area contributed by atoms with Crippen LogP contribution in [0.5, 0.6) is 0 Å². The number of fused-ring (bicyclic) bond motifs is 1. The van der Waals surface area contributed by atoms with Crippen LogP contribution in [0.3, 0.4) is 0 Å². The molecule has 1 aromatic heterocycles. The van der Waals surface area contributed by atoms with Gasteiger partial charge in [0.15, 0.2) is 0 Å². The highest BCUT2D eigenvalue weighted by Gasteiger charge is 2.31. The molecule has 1 heterocycles. The Morgan fingerprint density at radius 2 is 1.85 bits per heavy atom. The number of esters is 1. The number of carbonyl (C=O) groups excluding carboxylic acids is 1. The van der Waals surface area contributed by atoms with Crippen molar-refractivity contribution in [2.75, 3.05) is 14.1 Å². The van der Waals surface area contributed by atoms with E-state index in [0.29, 0.717) is 12.0 Å². The van der Waals surface area contributed by atoms with Crippen LogP contribution in [-0.4, -0.2) is 40.6 Å². The van der Waals surface area contributed by atoms with Crippen LogP contribution in [0, 0.1) is 11.3 Å². The maximum atomic E-state index is 12.7. The van der Waals surface area contributed by atoms with E-state index in [4.69, 9.17) is 9.72 Å². The highest BCUT2D eigenvalue weighted by molar-refractivity contribution is 5.79. The first-order valence-corrected chi connectivity index (χ1v) is 10.0. The van der Waals surface area contributed by atoms with E-state index in [2.05, 4.69) is 25.7 Å². The third-order valence-electron chi connectivity index (χ3n) is 5.68. The Hall–Kier alpha value is -1.88. The van der Waals surface area contributed by atoms with E-state index in [1.165, 1.54) is 0 Å². The molecule has 2 aromatic rings. The maximum absolute atomic E-state index is 12.7. The second-order valence-electron chi connectivity index (χ2n) is 9.17. The molecule has 1 saturated carbocycles. The van der Waals surface area contributed by atoms with Crippen molar-refractivity contribution in [1.29, 1.82) is 0 Å². The molecule has 27 heavy (non-hydrogen) atoms. The molecule has 0 aliphatic heterocycles. The first kappa shape index (κ1) is 19.9. The van der Waals surface area contributed by atoms with Gasteiger partial charge >= 0.3 is 5.97 Å². The summed E-state index contributed by atoms with van der Waals surface area (Å²) < 4.78 is 7.83. The highest BCUT2D eigenvalue weighted by atomic mass is 16.5. The fourth-order valence-electron chi connectivity index (χ4n) is 4.10. The molecular weight excluding hydrogens is 338 g/mol. The van der Waals surface area contributed by atoms with Crippen molar-refractivity contribution in [3.8, 4) is 0 Å². The van der Waals surface area contributed by atoms with Gasteiger partial charge in [-0.1, -0.05) is 32.9 Å². The molecule has 0 saturated heterocycles. The smallest absolute Gasteiger partial charge is 0.326 e. The summed E-state index contributed by atoms with van der Waals surface area (Å²) in [5.41, 5.74) is 2.25. The van der Waals surface area contributed by atoms with E-state index in [1.807, 2.05) is 42.9 Å². The van der Waals surface area contributed by atoms with Crippen LogP contribution in [0.4, 0.5) is 0 Å². The second kappa shape index (κ2) is 8.01. The number of aromatic nitrogens is 2. The molecule has 0 N–H and O–H groups in total. The second-order valence-corrected chi connectivity index (χ2v) is 9.17. The number of rotatable bonds is 5. The summed E-state index contributed by atoms with van der Waals surface area (Å²) in [5.74, 6) is 1.46. The quantitative estimate of drug-likeness (QED) is 0.738. The Labute approximate surface area is 162 Å². The summed E-state index contributed by atoms with van der Waals surface area (Å²) in [4.78, 5) is 19.4. The van der Waals surface area contributed by atoms with E-state index >= 15 is 0 Å². The fraction of sp³-hybridized carbons (Fsp3) is 0.636. The predicted molar refractivity (Wildman–Crippen MR) is 108 cm³/mol. The van der Waals surface area contributed by atoms with Gasteiger partial charge in [-0.25, -0.2) is 4.98 Å². The molecule has 3 rings (SSSR count). The Morgan fingerprint density at radius 3 is 2.48 bits per heavy atom. The molecule has 0 bridgehead atoms. The summed E-state index contributed by atoms with van der Waals surface area (Å²) >= 11 is 0. The molecule has 1 aliphatic carbocycles. The standard InChI is InChI=1S/C22H33N3O2/c1-22(2,3)16-10-12-17(13-11-16)27-21(26)15-25-19-9-7-6-8-18(19)23-20(25)14-24(4)5/h6-9,16-17H,10-15H2,1-5H3. The van der Waals surface area contributed by atoms with Gasteiger partial charge in [0.05, 0.1) is 17.6 Å². The topological polar surface area (TPSA) is 47.4 Å². The van der Waals surface area contributed by atoms with Gasteiger partial charge < -0.3 is 14.2 Å². The summed E-state index contributed by atoms with van der Waals surface area (Å²) in [6, 6.07) is 7.97. The monoisotopic (exact) mass is 371 g/mol. The molecule has 1 fully saturated rings. The number of benzene rings is 1. The lowest BCUT2D eigenvalue weighted by molar-refractivity contribution is -0.152. The summed E-state index contributed by atoms with van der Waals surface area (Å²) in [5, 5.41) is 0. The number of nitrogens with zero attached hydrogens (tertiary/aromatic N) is 3. The maximum Gasteiger partial charge on any atom is 0.326 e. The first-order valence-electron chi connectivity index (χ1n) is 10.0. The molecule has 0 spiro atoms. The molecule has 0 atom stereocenters. The third-order valence-corrected chi connectivity index (χ3v) is 5.68. The van der Waals surface area contributed by atoms with Crippen LogP contribution in [-0.2, 0) is 22.6 Å². The van der Waals surface area contributed by atoms with Crippen LogP contribution in [0.2, 0.25) is 0 Å². The number of carbonyl (C=O) groups is 1. The molecule has 5 nitrogen and oxygen atoms in total. The van der Waals surface area contributed by atoms with Crippen LogP contribution in [0.15, 0.2) is 24.3 Å². The lowest BCUT2D eigenvalue weighted by Crippen LogP contribution is -2.31. The molecule has 1 aliphatic rings. The number of imidazole rings is 1. The van der Waals surface area contributed by atoms with Crippen LogP contribution < -0.4 is 0 Å². The minimum absolute atomic E-state index is 0.0585. The lowest BCUT2D eigenvalue weighted by atomic mass is 9.72. The van der Waals surface area contributed by atoms with Crippen LogP contribution in [0.25, 0.3) is 11.0 Å². The molecule has 148 valence electrons. The predicted octanol–water partition coefficient (Wildman–Crippen LogP) is 4.25. The van der Waals surface area contributed by atoms with Gasteiger partial charge in [-0.2, -0.15) is 0 Å². The summed E-state index contributed by atoms with van der Waals surface area (Å²) in [6.07, 6.45) is 4.29. The Kier molecular flexibility index (Phi) is 5.89.